The third kappa shape index (κ3) is 2.89. The largest absolute Gasteiger partial charge is 0.481 e. The van der Waals surface area contributed by atoms with Gasteiger partial charge in [-0.2, -0.15) is 0 Å². The summed E-state index contributed by atoms with van der Waals surface area (Å²) in [5.74, 6) is -0.878. The van der Waals surface area contributed by atoms with Gasteiger partial charge in [-0.25, -0.2) is 0 Å². The van der Waals surface area contributed by atoms with Crippen molar-refractivity contribution in [3.8, 4) is 0 Å². The van der Waals surface area contributed by atoms with Gasteiger partial charge in [0.05, 0.1) is 5.92 Å². The lowest BCUT2D eigenvalue weighted by Crippen LogP contribution is -2.29. The molecule has 1 rings (SSSR count). The van der Waals surface area contributed by atoms with Crippen molar-refractivity contribution in [1.29, 1.82) is 0 Å². The lowest BCUT2D eigenvalue weighted by Gasteiger charge is -2.09. The second kappa shape index (κ2) is 3.72. The van der Waals surface area contributed by atoms with Crippen LogP contribution in [-0.4, -0.2) is 23.7 Å². The van der Waals surface area contributed by atoms with Gasteiger partial charge in [-0.05, 0) is 19.3 Å². The molecular weight excluding hydrogens is 142 g/mol. The van der Waals surface area contributed by atoms with Crippen LogP contribution in [0.1, 0.15) is 26.2 Å². The van der Waals surface area contributed by atoms with E-state index in [0.29, 0.717) is 12.6 Å². The molecular formula is C8H15NO2. The van der Waals surface area contributed by atoms with Gasteiger partial charge in [0.2, 0.25) is 0 Å². The maximum absolute atomic E-state index is 10.5. The Hall–Kier alpha value is -0.570. The van der Waals surface area contributed by atoms with E-state index < -0.39 is 5.97 Å². The summed E-state index contributed by atoms with van der Waals surface area (Å²) in [5.41, 5.74) is 0. The first-order chi connectivity index (χ1) is 5.24. The van der Waals surface area contributed by atoms with Gasteiger partial charge in [0.15, 0.2) is 0 Å². The maximum atomic E-state index is 10.5. The fraction of sp³-hybridized carbons (Fsp3) is 0.875. The summed E-state index contributed by atoms with van der Waals surface area (Å²) in [7, 11) is 0. The Labute approximate surface area is 66.8 Å². The first-order valence-electron chi connectivity index (χ1n) is 4.20. The normalized spacial score (nSPS) is 19.7. The number of nitrogens with one attached hydrogen (secondary N) is 1. The lowest BCUT2D eigenvalue weighted by atomic mass is 10.1. The van der Waals surface area contributed by atoms with Crippen molar-refractivity contribution in [2.24, 2.45) is 5.92 Å². The first-order valence-corrected chi connectivity index (χ1v) is 4.20. The van der Waals surface area contributed by atoms with Crippen molar-refractivity contribution in [3.05, 3.63) is 0 Å². The molecule has 0 bridgehead atoms. The minimum Gasteiger partial charge on any atom is -0.481 e. The predicted molar refractivity (Wildman–Crippen MR) is 42.4 cm³/mol. The fourth-order valence-electron chi connectivity index (χ4n) is 1.00. The topological polar surface area (TPSA) is 49.3 Å². The van der Waals surface area contributed by atoms with Crippen molar-refractivity contribution < 1.29 is 9.90 Å². The number of carboxylic acids is 1. The van der Waals surface area contributed by atoms with Gasteiger partial charge < -0.3 is 10.4 Å². The Morgan fingerprint density at radius 3 is 2.73 bits per heavy atom. The Balaban J connectivity index is 2.13. The molecule has 0 radical (unpaired) electrons. The SMILES string of the molecule is CCC(CNC1CC1)C(=O)O. The maximum Gasteiger partial charge on any atom is 0.307 e. The van der Waals surface area contributed by atoms with Gasteiger partial charge in [-0.1, -0.05) is 6.92 Å². The minimum atomic E-state index is -0.680. The molecule has 3 nitrogen and oxygen atoms in total. The summed E-state index contributed by atoms with van der Waals surface area (Å²) in [6, 6.07) is 0.614. The average molecular weight is 157 g/mol. The highest BCUT2D eigenvalue weighted by Crippen LogP contribution is 2.19. The molecule has 0 aromatic heterocycles. The van der Waals surface area contributed by atoms with E-state index in [-0.39, 0.29) is 5.92 Å². The highest BCUT2D eigenvalue weighted by molar-refractivity contribution is 5.70. The van der Waals surface area contributed by atoms with E-state index in [1.165, 1.54) is 12.8 Å². The highest BCUT2D eigenvalue weighted by Gasteiger charge is 2.23. The minimum absolute atomic E-state index is 0.199. The second-order valence-corrected chi connectivity index (χ2v) is 3.13. The smallest absolute Gasteiger partial charge is 0.307 e. The molecule has 1 aliphatic rings. The van der Waals surface area contributed by atoms with Gasteiger partial charge in [-0.15, -0.1) is 0 Å². The van der Waals surface area contributed by atoms with Crippen LogP contribution in [-0.2, 0) is 4.79 Å². The molecule has 0 saturated heterocycles. The summed E-state index contributed by atoms with van der Waals surface area (Å²) in [5, 5.41) is 11.9. The van der Waals surface area contributed by atoms with Crippen molar-refractivity contribution in [2.45, 2.75) is 32.2 Å². The first kappa shape index (κ1) is 8.53. The fourth-order valence-corrected chi connectivity index (χ4v) is 1.00. The molecule has 0 aromatic carbocycles. The Kier molecular flexibility index (Phi) is 2.88. The predicted octanol–water partition coefficient (Wildman–Crippen LogP) is 0.849. The zero-order valence-electron chi connectivity index (χ0n) is 6.84. The second-order valence-electron chi connectivity index (χ2n) is 3.13. The van der Waals surface area contributed by atoms with Crippen LogP contribution in [0.3, 0.4) is 0 Å². The van der Waals surface area contributed by atoms with Gasteiger partial charge in [0.25, 0.3) is 0 Å². The summed E-state index contributed by atoms with van der Waals surface area (Å²) in [6.45, 7) is 2.55. The lowest BCUT2D eigenvalue weighted by molar-refractivity contribution is -0.141. The molecule has 0 amide bonds. The molecule has 1 atom stereocenters. The molecule has 3 heteroatoms. The molecule has 1 unspecified atom stereocenters. The molecule has 1 aliphatic carbocycles. The van der Waals surface area contributed by atoms with E-state index in [1.807, 2.05) is 6.92 Å². The molecule has 11 heavy (non-hydrogen) atoms. The number of carboxylic acid groups (broad SMARTS) is 1. The Morgan fingerprint density at radius 2 is 2.36 bits per heavy atom. The van der Waals surface area contributed by atoms with Crippen LogP contribution in [0.15, 0.2) is 0 Å². The van der Waals surface area contributed by atoms with Gasteiger partial charge >= 0.3 is 5.97 Å². The molecule has 1 saturated carbocycles. The van der Waals surface area contributed by atoms with E-state index in [2.05, 4.69) is 5.32 Å². The molecule has 0 aliphatic heterocycles. The summed E-state index contributed by atoms with van der Waals surface area (Å²) < 4.78 is 0. The van der Waals surface area contributed by atoms with Crippen LogP contribution in [0.5, 0.6) is 0 Å². The standard InChI is InChI=1S/C8H15NO2/c1-2-6(8(10)11)5-9-7-3-4-7/h6-7,9H,2-5H2,1H3,(H,10,11). The molecule has 0 spiro atoms. The zero-order valence-corrected chi connectivity index (χ0v) is 6.84. The number of hydrogen-bond acceptors (Lipinski definition) is 2. The van der Waals surface area contributed by atoms with E-state index >= 15 is 0 Å². The highest BCUT2D eigenvalue weighted by atomic mass is 16.4. The average Bonchev–Trinajstić information content (AvgIpc) is 2.72. The van der Waals surface area contributed by atoms with Gasteiger partial charge in [0.1, 0.15) is 0 Å². The third-order valence-corrected chi connectivity index (χ3v) is 2.07. The molecule has 2 N–H and O–H groups in total. The van der Waals surface area contributed by atoms with Gasteiger partial charge in [0, 0.05) is 12.6 Å². The molecule has 0 aromatic rings. The molecule has 64 valence electrons. The van der Waals surface area contributed by atoms with E-state index in [0.717, 1.165) is 6.42 Å². The van der Waals surface area contributed by atoms with Crippen molar-refractivity contribution >= 4 is 5.97 Å². The van der Waals surface area contributed by atoms with Crippen LogP contribution < -0.4 is 5.32 Å². The third-order valence-electron chi connectivity index (χ3n) is 2.07. The quantitative estimate of drug-likeness (QED) is 0.622. The van der Waals surface area contributed by atoms with Crippen LogP contribution in [0.2, 0.25) is 0 Å². The number of rotatable bonds is 5. The number of hydrogen-bond donors (Lipinski definition) is 2. The van der Waals surface area contributed by atoms with E-state index in [9.17, 15) is 4.79 Å². The molecule has 1 fully saturated rings. The Bertz CT molecular complexity index is 143. The van der Waals surface area contributed by atoms with Crippen molar-refractivity contribution in [1.82, 2.24) is 5.32 Å². The zero-order chi connectivity index (χ0) is 8.27. The van der Waals surface area contributed by atoms with Crippen LogP contribution in [0, 0.1) is 5.92 Å². The molecule has 0 heterocycles. The van der Waals surface area contributed by atoms with Crippen LogP contribution in [0.4, 0.5) is 0 Å². The van der Waals surface area contributed by atoms with E-state index in [1.54, 1.807) is 0 Å². The van der Waals surface area contributed by atoms with Crippen molar-refractivity contribution in [2.75, 3.05) is 6.54 Å². The summed E-state index contributed by atoms with van der Waals surface area (Å²) in [4.78, 5) is 10.5. The van der Waals surface area contributed by atoms with E-state index in [4.69, 9.17) is 5.11 Å². The summed E-state index contributed by atoms with van der Waals surface area (Å²) >= 11 is 0. The summed E-state index contributed by atoms with van der Waals surface area (Å²) in [6.07, 6.45) is 3.15. The van der Waals surface area contributed by atoms with Crippen molar-refractivity contribution in [3.63, 3.8) is 0 Å². The number of carbonyl (C=O) groups is 1. The monoisotopic (exact) mass is 157 g/mol. The van der Waals surface area contributed by atoms with Crippen LogP contribution in [0.25, 0.3) is 0 Å². The Morgan fingerprint density at radius 1 is 1.73 bits per heavy atom. The van der Waals surface area contributed by atoms with Gasteiger partial charge in [-0.3, -0.25) is 4.79 Å². The van der Waals surface area contributed by atoms with Crippen LogP contribution >= 0.6 is 0 Å². The number of aliphatic carboxylic acids is 1.